The molecule has 13 heteroatoms. The Morgan fingerprint density at radius 1 is 1.07 bits per heavy atom. The minimum absolute atomic E-state index is 0.0865. The number of rotatable bonds is 6. The number of nitrogens with zero attached hydrogens (tertiary/aromatic N) is 7. The second kappa shape index (κ2) is 12.4. The first kappa shape index (κ1) is 30.2. The van der Waals surface area contributed by atoms with Crippen LogP contribution in [-0.2, 0) is 27.8 Å². The third-order valence-electron chi connectivity index (χ3n) is 9.83. The van der Waals surface area contributed by atoms with Gasteiger partial charge >= 0.3 is 0 Å². The van der Waals surface area contributed by atoms with Crippen LogP contribution in [0.1, 0.15) is 98.8 Å². The summed E-state index contributed by atoms with van der Waals surface area (Å²) in [5, 5.41) is 10.2. The molecule has 7 rings (SSSR count). The fourth-order valence-corrected chi connectivity index (χ4v) is 8.26. The van der Waals surface area contributed by atoms with E-state index in [0.29, 0.717) is 41.3 Å². The van der Waals surface area contributed by atoms with Gasteiger partial charge in [0.25, 0.3) is 5.91 Å². The average molecular weight is 634 g/mol. The number of piperazine rings is 1. The summed E-state index contributed by atoms with van der Waals surface area (Å²) in [6, 6.07) is 0.680. The molecule has 3 aromatic heterocycles. The molecular weight excluding hydrogens is 590 g/mol. The summed E-state index contributed by atoms with van der Waals surface area (Å²) in [5.41, 5.74) is 9.86. The van der Waals surface area contributed by atoms with Crippen LogP contribution in [-0.4, -0.2) is 85.2 Å². The zero-order valence-corrected chi connectivity index (χ0v) is 27.1. The Labute approximate surface area is 267 Å². The molecule has 0 aromatic carbocycles. The first-order valence-electron chi connectivity index (χ1n) is 16.4. The van der Waals surface area contributed by atoms with Gasteiger partial charge in [-0.25, -0.2) is 19.6 Å². The number of nitrogen functional groups attached to an aromatic ring is 1. The summed E-state index contributed by atoms with van der Waals surface area (Å²) in [6.45, 7) is 8.26. The highest BCUT2D eigenvalue weighted by atomic mass is 32.1. The number of nitrogens with one attached hydrogen (secondary N) is 1. The van der Waals surface area contributed by atoms with E-state index in [2.05, 4.69) is 39.0 Å². The number of anilines is 2. The van der Waals surface area contributed by atoms with Crippen molar-refractivity contribution in [3.05, 3.63) is 34.1 Å². The lowest BCUT2D eigenvalue weighted by Gasteiger charge is -2.40. The molecule has 12 nitrogen and oxygen atoms in total. The molecular formula is C32H43N9O3S. The Morgan fingerprint density at radius 3 is 2.60 bits per heavy atom. The van der Waals surface area contributed by atoms with Crippen molar-refractivity contribution in [3.63, 3.8) is 0 Å². The van der Waals surface area contributed by atoms with E-state index in [0.717, 1.165) is 62.3 Å². The second-order valence-electron chi connectivity index (χ2n) is 13.5. The molecule has 45 heavy (non-hydrogen) atoms. The van der Waals surface area contributed by atoms with Gasteiger partial charge in [0.05, 0.1) is 23.5 Å². The van der Waals surface area contributed by atoms with Crippen molar-refractivity contribution in [1.82, 2.24) is 34.5 Å². The third kappa shape index (κ3) is 6.09. The molecule has 1 saturated carbocycles. The van der Waals surface area contributed by atoms with Gasteiger partial charge in [0.1, 0.15) is 0 Å². The van der Waals surface area contributed by atoms with Crippen LogP contribution in [0.5, 0.6) is 0 Å². The lowest BCUT2D eigenvalue weighted by molar-refractivity contribution is -0.132. The van der Waals surface area contributed by atoms with Crippen LogP contribution in [0.2, 0.25) is 0 Å². The summed E-state index contributed by atoms with van der Waals surface area (Å²) in [6.07, 6.45) is 11.7. The van der Waals surface area contributed by atoms with Gasteiger partial charge in [-0.2, -0.15) is 5.10 Å². The lowest BCUT2D eigenvalue weighted by Crippen LogP contribution is -2.52. The smallest absolute Gasteiger partial charge is 0.278 e. The molecule has 0 bridgehead atoms. The number of carbonyl (C=O) groups excluding carboxylic acids is 2. The van der Waals surface area contributed by atoms with Gasteiger partial charge in [-0.05, 0) is 49.5 Å². The largest absolute Gasteiger partial charge is 0.368 e. The molecule has 3 aromatic rings. The molecule has 4 aliphatic rings. The molecule has 0 spiro atoms. The molecule has 3 fully saturated rings. The highest BCUT2D eigenvalue weighted by molar-refractivity contribution is 7.14. The van der Waals surface area contributed by atoms with Crippen LogP contribution >= 0.6 is 11.3 Å². The molecule has 2 saturated heterocycles. The van der Waals surface area contributed by atoms with E-state index in [4.69, 9.17) is 15.6 Å². The van der Waals surface area contributed by atoms with Gasteiger partial charge < -0.3 is 15.4 Å². The van der Waals surface area contributed by atoms with E-state index in [1.54, 1.807) is 6.20 Å². The zero-order chi connectivity index (χ0) is 31.1. The van der Waals surface area contributed by atoms with Gasteiger partial charge in [0, 0.05) is 56.0 Å². The van der Waals surface area contributed by atoms with Crippen LogP contribution in [0.15, 0.2) is 11.6 Å². The molecule has 2 amide bonds. The topological polar surface area (TPSA) is 144 Å². The van der Waals surface area contributed by atoms with Crippen LogP contribution in [0.4, 0.5) is 11.1 Å². The Morgan fingerprint density at radius 2 is 1.84 bits per heavy atom. The van der Waals surface area contributed by atoms with Crippen LogP contribution in [0.3, 0.4) is 0 Å². The van der Waals surface area contributed by atoms with E-state index in [1.807, 2.05) is 15.0 Å². The SMILES string of the molecule is CC1(C)Cc2cnc(N)nc2-c2c1c(C(=O)Nc1nc(CC(=O)N3CCN(C4CCCCC4)CC3)cs1)nn2C1CCCCO1. The van der Waals surface area contributed by atoms with E-state index in [-0.39, 0.29) is 30.4 Å². The standard InChI is InChI=1S/C32H43N9O3S/c1-32(2)17-20-18-34-30(33)36-26(20)28-25(32)27(38-41(28)24-10-6-7-15-44-24)29(43)37-31-35-21(19-45-31)16-23(42)40-13-11-39(12-14-40)22-8-4-3-5-9-22/h18-19,22,24H,3-17H2,1-2H3,(H2,33,34,36)(H,35,37,43). The summed E-state index contributed by atoms with van der Waals surface area (Å²) in [5.74, 6) is -0.0763. The van der Waals surface area contributed by atoms with Crippen molar-refractivity contribution in [1.29, 1.82) is 0 Å². The number of carbonyl (C=O) groups is 2. The van der Waals surface area contributed by atoms with Gasteiger partial charge in [-0.15, -0.1) is 11.3 Å². The number of hydrogen-bond donors (Lipinski definition) is 2. The first-order valence-corrected chi connectivity index (χ1v) is 17.3. The molecule has 1 atom stereocenters. The maximum absolute atomic E-state index is 13.9. The van der Waals surface area contributed by atoms with Crippen molar-refractivity contribution in [3.8, 4) is 11.4 Å². The quantitative estimate of drug-likeness (QED) is 0.408. The molecule has 1 unspecified atom stereocenters. The van der Waals surface area contributed by atoms with E-state index >= 15 is 0 Å². The number of hydrogen-bond acceptors (Lipinski definition) is 10. The van der Waals surface area contributed by atoms with Gasteiger partial charge in [-0.3, -0.25) is 19.8 Å². The Kier molecular flexibility index (Phi) is 8.34. The predicted molar refractivity (Wildman–Crippen MR) is 172 cm³/mol. The van der Waals surface area contributed by atoms with Crippen molar-refractivity contribution in [2.45, 2.75) is 95.7 Å². The van der Waals surface area contributed by atoms with E-state index in [9.17, 15) is 9.59 Å². The van der Waals surface area contributed by atoms with Crippen LogP contribution < -0.4 is 11.1 Å². The normalized spacial score (nSPS) is 22.1. The summed E-state index contributed by atoms with van der Waals surface area (Å²) >= 11 is 1.32. The van der Waals surface area contributed by atoms with Crippen molar-refractivity contribution in [2.24, 2.45) is 0 Å². The number of ether oxygens (including phenoxy) is 1. The fourth-order valence-electron chi connectivity index (χ4n) is 7.56. The number of nitrogens with two attached hydrogens (primary N) is 1. The van der Waals surface area contributed by atoms with Gasteiger partial charge in [0.15, 0.2) is 17.1 Å². The number of amides is 2. The van der Waals surface area contributed by atoms with Crippen molar-refractivity contribution < 1.29 is 14.3 Å². The maximum Gasteiger partial charge on any atom is 0.278 e. The summed E-state index contributed by atoms with van der Waals surface area (Å²) in [4.78, 5) is 45.0. The molecule has 5 heterocycles. The Bertz CT molecular complexity index is 1560. The Hall–Kier alpha value is -3.42. The zero-order valence-electron chi connectivity index (χ0n) is 26.3. The maximum atomic E-state index is 13.9. The predicted octanol–water partition coefficient (Wildman–Crippen LogP) is 4.18. The van der Waals surface area contributed by atoms with E-state index in [1.165, 1.54) is 43.4 Å². The molecule has 240 valence electrons. The van der Waals surface area contributed by atoms with Crippen LogP contribution in [0, 0.1) is 0 Å². The minimum atomic E-state index is -0.414. The van der Waals surface area contributed by atoms with Crippen molar-refractivity contribution >= 4 is 34.2 Å². The Balaban J connectivity index is 1.07. The third-order valence-corrected chi connectivity index (χ3v) is 10.6. The van der Waals surface area contributed by atoms with Crippen LogP contribution in [0.25, 0.3) is 11.4 Å². The molecule has 3 N–H and O–H groups in total. The number of fused-ring (bicyclic) bond motifs is 3. The molecule has 2 aliphatic heterocycles. The van der Waals surface area contributed by atoms with Crippen molar-refractivity contribution in [2.75, 3.05) is 43.8 Å². The number of aromatic nitrogens is 5. The summed E-state index contributed by atoms with van der Waals surface area (Å²) in [7, 11) is 0. The molecule has 2 aliphatic carbocycles. The summed E-state index contributed by atoms with van der Waals surface area (Å²) < 4.78 is 7.96. The fraction of sp³-hybridized carbons (Fsp3) is 0.625. The highest BCUT2D eigenvalue weighted by Crippen LogP contribution is 2.46. The van der Waals surface area contributed by atoms with E-state index < -0.39 is 5.41 Å². The van der Waals surface area contributed by atoms with Gasteiger partial charge in [0.2, 0.25) is 11.9 Å². The first-order chi connectivity index (χ1) is 21.8. The monoisotopic (exact) mass is 633 g/mol. The second-order valence-corrected chi connectivity index (χ2v) is 14.3. The highest BCUT2D eigenvalue weighted by Gasteiger charge is 2.42. The lowest BCUT2D eigenvalue weighted by atomic mass is 9.73. The minimum Gasteiger partial charge on any atom is -0.368 e. The van der Waals surface area contributed by atoms with Gasteiger partial charge in [-0.1, -0.05) is 33.1 Å². The number of thiazole rings is 1. The molecule has 0 radical (unpaired) electrons. The average Bonchev–Trinajstić information content (AvgIpc) is 3.68.